The minimum absolute atomic E-state index is 0.0514. The second kappa shape index (κ2) is 7.23. The van der Waals surface area contributed by atoms with E-state index in [1.807, 2.05) is 36.6 Å². The molecule has 3 rings (SSSR count). The number of nitrogens with zero attached hydrogens (tertiary/aromatic N) is 3. The predicted octanol–water partition coefficient (Wildman–Crippen LogP) is 3.66. The van der Waals surface area contributed by atoms with Gasteiger partial charge in [-0.05, 0) is 30.7 Å². The van der Waals surface area contributed by atoms with Crippen LogP contribution >= 0.6 is 11.3 Å². The second-order valence-corrected chi connectivity index (χ2v) is 6.06. The largest absolute Gasteiger partial charge is 0.487 e. The standard InChI is InChI=1S/C18H17N3O2S/c1-13-17(9-21(2)20-13)18(22)8-5-14-3-6-16(7-4-14)23-10-15-11-24-12-19-15/h3-9,11-12H,10H2,1-2H3/b8-5-. The first-order valence-electron chi connectivity index (χ1n) is 7.44. The highest BCUT2D eigenvalue weighted by atomic mass is 32.1. The van der Waals surface area contributed by atoms with Crippen molar-refractivity contribution >= 4 is 23.2 Å². The molecule has 0 aliphatic rings. The number of aryl methyl sites for hydroxylation is 2. The summed E-state index contributed by atoms with van der Waals surface area (Å²) in [5, 5.41) is 6.14. The Hall–Kier alpha value is -2.73. The fraction of sp³-hybridized carbons (Fsp3) is 0.167. The van der Waals surface area contributed by atoms with Crippen molar-refractivity contribution in [2.45, 2.75) is 13.5 Å². The Bertz CT molecular complexity index is 849. The molecule has 0 radical (unpaired) electrons. The molecule has 0 saturated heterocycles. The van der Waals surface area contributed by atoms with Crippen LogP contribution in [0.5, 0.6) is 5.75 Å². The Labute approximate surface area is 144 Å². The van der Waals surface area contributed by atoms with Crippen molar-refractivity contribution in [3.05, 3.63) is 69.9 Å². The quantitative estimate of drug-likeness (QED) is 0.508. The van der Waals surface area contributed by atoms with Gasteiger partial charge in [-0.25, -0.2) is 4.98 Å². The van der Waals surface area contributed by atoms with E-state index >= 15 is 0 Å². The number of hydrogen-bond acceptors (Lipinski definition) is 5. The summed E-state index contributed by atoms with van der Waals surface area (Å²) >= 11 is 1.55. The van der Waals surface area contributed by atoms with E-state index < -0.39 is 0 Å². The average Bonchev–Trinajstić information content (AvgIpc) is 3.21. The van der Waals surface area contributed by atoms with Gasteiger partial charge < -0.3 is 4.74 Å². The number of thiazole rings is 1. The van der Waals surface area contributed by atoms with Gasteiger partial charge >= 0.3 is 0 Å². The van der Waals surface area contributed by atoms with Crippen LogP contribution in [0.2, 0.25) is 0 Å². The van der Waals surface area contributed by atoms with Gasteiger partial charge in [-0.3, -0.25) is 9.48 Å². The number of ether oxygens (including phenoxy) is 1. The maximum atomic E-state index is 12.2. The van der Waals surface area contributed by atoms with Crippen molar-refractivity contribution in [3.63, 3.8) is 0 Å². The van der Waals surface area contributed by atoms with Gasteiger partial charge in [-0.1, -0.05) is 18.2 Å². The Balaban J connectivity index is 1.61. The number of allylic oxidation sites excluding steroid dienone is 1. The smallest absolute Gasteiger partial charge is 0.189 e. The van der Waals surface area contributed by atoms with Gasteiger partial charge in [-0.2, -0.15) is 5.10 Å². The Morgan fingerprint density at radius 1 is 1.33 bits per heavy atom. The van der Waals surface area contributed by atoms with Crippen LogP contribution in [0.3, 0.4) is 0 Å². The van der Waals surface area contributed by atoms with Gasteiger partial charge in [0.25, 0.3) is 0 Å². The Kier molecular flexibility index (Phi) is 4.86. The van der Waals surface area contributed by atoms with Gasteiger partial charge in [0.1, 0.15) is 12.4 Å². The first-order chi connectivity index (χ1) is 11.6. The molecule has 3 aromatic rings. The third-order valence-electron chi connectivity index (χ3n) is 3.46. The molecule has 0 atom stereocenters. The minimum Gasteiger partial charge on any atom is -0.487 e. The lowest BCUT2D eigenvalue weighted by molar-refractivity contribution is 0.104. The summed E-state index contributed by atoms with van der Waals surface area (Å²) in [5.74, 6) is 0.721. The van der Waals surface area contributed by atoms with E-state index in [4.69, 9.17) is 4.74 Å². The molecule has 0 unspecified atom stereocenters. The first kappa shape index (κ1) is 16.1. The van der Waals surface area contributed by atoms with E-state index in [9.17, 15) is 4.79 Å². The van der Waals surface area contributed by atoms with Crippen LogP contribution in [0.15, 0.2) is 47.4 Å². The molecule has 0 saturated carbocycles. The Morgan fingerprint density at radius 3 is 2.75 bits per heavy atom. The highest BCUT2D eigenvalue weighted by Crippen LogP contribution is 2.16. The molecular weight excluding hydrogens is 322 g/mol. The number of ketones is 1. The third kappa shape index (κ3) is 3.97. The number of benzene rings is 1. The predicted molar refractivity (Wildman–Crippen MR) is 94.2 cm³/mol. The van der Waals surface area contributed by atoms with Crippen molar-refractivity contribution in [3.8, 4) is 5.75 Å². The lowest BCUT2D eigenvalue weighted by atomic mass is 10.1. The van der Waals surface area contributed by atoms with Crippen molar-refractivity contribution < 1.29 is 9.53 Å². The molecule has 0 aliphatic heterocycles. The van der Waals surface area contributed by atoms with Gasteiger partial charge in [-0.15, -0.1) is 11.3 Å². The van der Waals surface area contributed by atoms with Crippen LogP contribution in [0.1, 0.15) is 27.3 Å². The molecule has 6 heteroatoms. The normalized spacial score (nSPS) is 11.1. The Morgan fingerprint density at radius 2 is 2.12 bits per heavy atom. The topological polar surface area (TPSA) is 57.0 Å². The second-order valence-electron chi connectivity index (χ2n) is 5.34. The summed E-state index contributed by atoms with van der Waals surface area (Å²) in [6.07, 6.45) is 5.09. The molecule has 0 N–H and O–H groups in total. The fourth-order valence-corrected chi connectivity index (χ4v) is 2.79. The zero-order valence-electron chi connectivity index (χ0n) is 13.5. The summed E-state index contributed by atoms with van der Waals surface area (Å²) in [7, 11) is 1.80. The monoisotopic (exact) mass is 339 g/mol. The molecule has 0 aliphatic carbocycles. The zero-order chi connectivity index (χ0) is 16.9. The molecule has 24 heavy (non-hydrogen) atoms. The molecule has 1 aromatic carbocycles. The summed E-state index contributed by atoms with van der Waals surface area (Å²) in [5.41, 5.74) is 5.00. The van der Waals surface area contributed by atoms with Gasteiger partial charge in [0.05, 0.1) is 22.5 Å². The molecule has 0 spiro atoms. The van der Waals surface area contributed by atoms with E-state index in [2.05, 4.69) is 10.1 Å². The van der Waals surface area contributed by atoms with E-state index in [1.54, 1.807) is 46.9 Å². The third-order valence-corrected chi connectivity index (χ3v) is 4.09. The van der Waals surface area contributed by atoms with E-state index in [-0.39, 0.29) is 5.78 Å². The summed E-state index contributed by atoms with van der Waals surface area (Å²) in [4.78, 5) is 16.4. The molecule has 2 aromatic heterocycles. The van der Waals surface area contributed by atoms with Crippen LogP contribution in [0, 0.1) is 6.92 Å². The highest BCUT2D eigenvalue weighted by Gasteiger charge is 2.09. The van der Waals surface area contributed by atoms with Crippen LogP contribution in [-0.4, -0.2) is 20.5 Å². The van der Waals surface area contributed by atoms with Crippen molar-refractivity contribution in [2.75, 3.05) is 0 Å². The van der Waals surface area contributed by atoms with Crippen molar-refractivity contribution in [1.29, 1.82) is 0 Å². The van der Waals surface area contributed by atoms with Gasteiger partial charge in [0.2, 0.25) is 0 Å². The summed E-state index contributed by atoms with van der Waals surface area (Å²) < 4.78 is 7.30. The van der Waals surface area contributed by atoms with Gasteiger partial charge in [0.15, 0.2) is 5.78 Å². The maximum Gasteiger partial charge on any atom is 0.189 e. The number of carbonyl (C=O) groups is 1. The molecule has 2 heterocycles. The van der Waals surface area contributed by atoms with E-state index in [0.29, 0.717) is 12.2 Å². The number of rotatable bonds is 6. The molecule has 0 fully saturated rings. The molecule has 5 nitrogen and oxygen atoms in total. The van der Waals surface area contributed by atoms with Gasteiger partial charge in [0, 0.05) is 18.6 Å². The first-order valence-corrected chi connectivity index (χ1v) is 8.38. The zero-order valence-corrected chi connectivity index (χ0v) is 14.3. The van der Waals surface area contributed by atoms with Crippen LogP contribution < -0.4 is 4.74 Å². The molecule has 122 valence electrons. The van der Waals surface area contributed by atoms with Crippen LogP contribution in [0.25, 0.3) is 6.08 Å². The lowest BCUT2D eigenvalue weighted by Gasteiger charge is -2.04. The fourth-order valence-electron chi connectivity index (χ4n) is 2.24. The van der Waals surface area contributed by atoms with Crippen molar-refractivity contribution in [2.24, 2.45) is 7.05 Å². The number of carbonyl (C=O) groups excluding carboxylic acids is 1. The molecular formula is C18H17N3O2S. The number of aromatic nitrogens is 3. The molecule has 0 amide bonds. The van der Waals surface area contributed by atoms with Crippen LogP contribution in [-0.2, 0) is 13.7 Å². The number of hydrogen-bond donors (Lipinski definition) is 0. The lowest BCUT2D eigenvalue weighted by Crippen LogP contribution is -1.95. The molecule has 0 bridgehead atoms. The minimum atomic E-state index is -0.0514. The van der Waals surface area contributed by atoms with E-state index in [1.165, 1.54) is 0 Å². The summed E-state index contributed by atoms with van der Waals surface area (Å²) in [6, 6.07) is 7.59. The average molecular weight is 339 g/mol. The summed E-state index contributed by atoms with van der Waals surface area (Å²) in [6.45, 7) is 2.28. The van der Waals surface area contributed by atoms with E-state index in [0.717, 1.165) is 22.7 Å². The van der Waals surface area contributed by atoms with Crippen molar-refractivity contribution in [1.82, 2.24) is 14.8 Å². The SMILES string of the molecule is Cc1nn(C)cc1C(=O)/C=C\c1ccc(OCc2cscn2)cc1. The highest BCUT2D eigenvalue weighted by molar-refractivity contribution is 7.07. The maximum absolute atomic E-state index is 12.2. The van der Waals surface area contributed by atoms with Crippen LogP contribution in [0.4, 0.5) is 0 Å².